The number of esters is 1. The third-order valence-electron chi connectivity index (χ3n) is 4.17. The molecule has 6 heteroatoms. The number of ether oxygens (including phenoxy) is 1. The van der Waals surface area contributed by atoms with Crippen LogP contribution in [0.3, 0.4) is 0 Å². The van der Waals surface area contributed by atoms with Gasteiger partial charge in [-0.15, -0.1) is 0 Å². The Hall–Kier alpha value is -1.85. The Morgan fingerprint density at radius 2 is 1.82 bits per heavy atom. The molecule has 0 unspecified atom stereocenters. The van der Waals surface area contributed by atoms with Gasteiger partial charge >= 0.3 is 5.97 Å². The predicted octanol–water partition coefficient (Wildman–Crippen LogP) is 0.870. The highest BCUT2D eigenvalue weighted by Gasteiger charge is 2.35. The zero-order valence-corrected chi connectivity index (χ0v) is 13.0. The second kappa shape index (κ2) is 7.96. The van der Waals surface area contributed by atoms with Crippen molar-refractivity contribution >= 4 is 17.8 Å². The number of amides is 2. The van der Waals surface area contributed by atoms with E-state index in [1.165, 1.54) is 13.2 Å². The maximum atomic E-state index is 12.0. The van der Waals surface area contributed by atoms with E-state index in [2.05, 4.69) is 10.1 Å². The van der Waals surface area contributed by atoms with Gasteiger partial charge in [-0.3, -0.25) is 9.59 Å². The van der Waals surface area contributed by atoms with E-state index in [1.807, 2.05) is 4.90 Å². The topological polar surface area (TPSA) is 75.7 Å². The number of rotatable bonds is 6. The van der Waals surface area contributed by atoms with E-state index in [0.29, 0.717) is 26.1 Å². The number of carbonyl (C=O) groups excluding carboxylic acids is 3. The molecule has 0 atom stereocenters. The molecule has 0 spiro atoms. The maximum Gasteiger partial charge on any atom is 0.330 e. The molecule has 0 aromatic heterocycles. The Bertz CT molecular complexity index is 449. The molecule has 122 valence electrons. The lowest BCUT2D eigenvalue weighted by Crippen LogP contribution is -2.43. The number of piperidine rings is 1. The minimum Gasteiger partial charge on any atom is -0.466 e. The Morgan fingerprint density at radius 1 is 1.14 bits per heavy atom. The van der Waals surface area contributed by atoms with Gasteiger partial charge in [-0.25, -0.2) is 4.79 Å². The summed E-state index contributed by atoms with van der Waals surface area (Å²) in [5.41, 5.74) is 0. The summed E-state index contributed by atoms with van der Waals surface area (Å²) in [6, 6.07) is 0. The van der Waals surface area contributed by atoms with Gasteiger partial charge in [-0.1, -0.05) is 6.08 Å². The Morgan fingerprint density at radius 3 is 2.41 bits per heavy atom. The van der Waals surface area contributed by atoms with Crippen molar-refractivity contribution < 1.29 is 19.1 Å². The molecule has 2 aliphatic rings. The van der Waals surface area contributed by atoms with Crippen LogP contribution in [0.2, 0.25) is 0 Å². The fraction of sp³-hybridized carbons (Fsp3) is 0.688. The van der Waals surface area contributed by atoms with E-state index >= 15 is 0 Å². The Labute approximate surface area is 130 Å². The predicted molar refractivity (Wildman–Crippen MR) is 80.8 cm³/mol. The summed E-state index contributed by atoms with van der Waals surface area (Å²) in [5.74, 6) is 0.177. The summed E-state index contributed by atoms with van der Waals surface area (Å²) in [6.07, 6.45) is 7.16. The second-order valence-corrected chi connectivity index (χ2v) is 5.88. The molecule has 0 aromatic carbocycles. The molecule has 1 heterocycles. The molecule has 22 heavy (non-hydrogen) atoms. The molecular weight excluding hydrogens is 284 g/mol. The van der Waals surface area contributed by atoms with Crippen molar-refractivity contribution in [3.63, 3.8) is 0 Å². The minimum atomic E-state index is -0.390. The number of hydrogen-bond donors (Lipinski definition) is 1. The van der Waals surface area contributed by atoms with Crippen LogP contribution in [0.25, 0.3) is 0 Å². The molecule has 1 aliphatic heterocycles. The van der Waals surface area contributed by atoms with E-state index in [9.17, 15) is 14.4 Å². The number of nitrogens with one attached hydrogen (secondary N) is 1. The summed E-state index contributed by atoms with van der Waals surface area (Å²) in [5, 5.41) is 2.88. The average Bonchev–Trinajstić information content (AvgIpc) is 3.38. The SMILES string of the molecule is COC(=O)/C=C/CCNC(=O)C1CCN(C(=O)C2CC2)CC1. The van der Waals surface area contributed by atoms with Crippen LogP contribution in [0.5, 0.6) is 0 Å². The molecule has 2 rings (SSSR count). The van der Waals surface area contributed by atoms with Gasteiger partial charge in [0.25, 0.3) is 0 Å². The van der Waals surface area contributed by atoms with E-state index in [-0.39, 0.29) is 29.6 Å². The molecule has 1 saturated carbocycles. The summed E-state index contributed by atoms with van der Waals surface area (Å²) in [4.78, 5) is 36.8. The first-order chi connectivity index (χ1) is 10.6. The number of likely N-dealkylation sites (tertiary alicyclic amines) is 1. The standard InChI is InChI=1S/C16H24N2O4/c1-22-14(19)4-2-3-9-17-15(20)12-7-10-18(11-8-12)16(21)13-5-6-13/h2,4,12-13H,3,5-11H2,1H3,(H,17,20)/b4-2+. The first-order valence-electron chi connectivity index (χ1n) is 7.92. The van der Waals surface area contributed by atoms with Crippen LogP contribution in [0.15, 0.2) is 12.2 Å². The van der Waals surface area contributed by atoms with Crippen molar-refractivity contribution in [2.24, 2.45) is 11.8 Å². The summed E-state index contributed by atoms with van der Waals surface area (Å²) in [6.45, 7) is 1.89. The Balaban J connectivity index is 1.61. The van der Waals surface area contributed by atoms with Gasteiger partial charge in [0.15, 0.2) is 0 Å². The highest BCUT2D eigenvalue weighted by Crippen LogP contribution is 2.32. The molecule has 1 aliphatic carbocycles. The van der Waals surface area contributed by atoms with Crippen molar-refractivity contribution in [1.29, 1.82) is 0 Å². The highest BCUT2D eigenvalue weighted by atomic mass is 16.5. The lowest BCUT2D eigenvalue weighted by atomic mass is 9.95. The monoisotopic (exact) mass is 308 g/mol. The first-order valence-corrected chi connectivity index (χ1v) is 7.92. The van der Waals surface area contributed by atoms with Gasteiger partial charge < -0.3 is 15.0 Å². The normalized spacial score (nSPS) is 19.2. The molecule has 1 saturated heterocycles. The molecule has 0 radical (unpaired) electrons. The van der Waals surface area contributed by atoms with Gasteiger partial charge in [-0.05, 0) is 32.1 Å². The fourth-order valence-corrected chi connectivity index (χ4v) is 2.62. The molecular formula is C16H24N2O4. The lowest BCUT2D eigenvalue weighted by Gasteiger charge is -2.31. The Kier molecular flexibility index (Phi) is 5.98. The highest BCUT2D eigenvalue weighted by molar-refractivity contribution is 5.82. The first kappa shape index (κ1) is 16.5. The van der Waals surface area contributed by atoms with Crippen molar-refractivity contribution in [3.05, 3.63) is 12.2 Å². The van der Waals surface area contributed by atoms with Crippen LogP contribution in [0.1, 0.15) is 32.1 Å². The van der Waals surface area contributed by atoms with Crippen LogP contribution < -0.4 is 5.32 Å². The van der Waals surface area contributed by atoms with Crippen LogP contribution >= 0.6 is 0 Å². The summed E-state index contributed by atoms with van der Waals surface area (Å²) in [7, 11) is 1.33. The van der Waals surface area contributed by atoms with E-state index in [0.717, 1.165) is 25.7 Å². The average molecular weight is 308 g/mol. The molecule has 2 amide bonds. The number of methoxy groups -OCH3 is 1. The number of nitrogens with zero attached hydrogens (tertiary/aromatic N) is 1. The third-order valence-corrected chi connectivity index (χ3v) is 4.17. The van der Waals surface area contributed by atoms with Crippen molar-refractivity contribution in [1.82, 2.24) is 10.2 Å². The van der Waals surface area contributed by atoms with Crippen LogP contribution in [-0.4, -0.2) is 49.4 Å². The smallest absolute Gasteiger partial charge is 0.330 e. The van der Waals surface area contributed by atoms with Crippen molar-refractivity contribution in [2.45, 2.75) is 32.1 Å². The van der Waals surface area contributed by atoms with Gasteiger partial charge in [0.2, 0.25) is 11.8 Å². The van der Waals surface area contributed by atoms with Crippen molar-refractivity contribution in [3.8, 4) is 0 Å². The molecule has 6 nitrogen and oxygen atoms in total. The van der Waals surface area contributed by atoms with Gasteiger partial charge in [-0.2, -0.15) is 0 Å². The second-order valence-electron chi connectivity index (χ2n) is 5.88. The van der Waals surface area contributed by atoms with E-state index in [4.69, 9.17) is 0 Å². The van der Waals surface area contributed by atoms with E-state index in [1.54, 1.807) is 6.08 Å². The molecule has 0 bridgehead atoms. The minimum absolute atomic E-state index is 0.00663. The molecule has 2 fully saturated rings. The van der Waals surface area contributed by atoms with Gasteiger partial charge in [0, 0.05) is 37.5 Å². The van der Waals surface area contributed by atoms with Gasteiger partial charge in [0.05, 0.1) is 7.11 Å². The lowest BCUT2D eigenvalue weighted by molar-refractivity contribution is -0.136. The third kappa shape index (κ3) is 4.86. The molecule has 0 aromatic rings. The quantitative estimate of drug-likeness (QED) is 0.449. The summed E-state index contributed by atoms with van der Waals surface area (Å²) >= 11 is 0. The molecule has 1 N–H and O–H groups in total. The number of carbonyl (C=O) groups is 3. The van der Waals surface area contributed by atoms with E-state index < -0.39 is 0 Å². The zero-order valence-electron chi connectivity index (χ0n) is 13.0. The fourth-order valence-electron chi connectivity index (χ4n) is 2.62. The van der Waals surface area contributed by atoms with Gasteiger partial charge in [0.1, 0.15) is 0 Å². The van der Waals surface area contributed by atoms with Crippen LogP contribution in [0.4, 0.5) is 0 Å². The largest absolute Gasteiger partial charge is 0.466 e. The summed E-state index contributed by atoms with van der Waals surface area (Å²) < 4.78 is 4.48. The zero-order chi connectivity index (χ0) is 15.9. The maximum absolute atomic E-state index is 12.0. The van der Waals surface area contributed by atoms with Crippen LogP contribution in [0, 0.1) is 11.8 Å². The number of hydrogen-bond acceptors (Lipinski definition) is 4. The van der Waals surface area contributed by atoms with Crippen molar-refractivity contribution in [2.75, 3.05) is 26.7 Å². The van der Waals surface area contributed by atoms with Crippen LogP contribution in [-0.2, 0) is 19.1 Å².